The van der Waals surface area contributed by atoms with Crippen molar-refractivity contribution in [1.82, 2.24) is 15.0 Å². The van der Waals surface area contributed by atoms with Gasteiger partial charge in [-0.15, -0.1) is 5.10 Å². The minimum absolute atomic E-state index is 0.200. The molecule has 0 bridgehead atoms. The minimum atomic E-state index is -0.490. The summed E-state index contributed by atoms with van der Waals surface area (Å²) in [6, 6.07) is 7.59. The molecule has 6 nitrogen and oxygen atoms in total. The highest BCUT2D eigenvalue weighted by Gasteiger charge is 2.10. The second-order valence-corrected chi connectivity index (χ2v) is 3.64. The molecule has 0 radical (unpaired) electrons. The van der Waals surface area contributed by atoms with Gasteiger partial charge in [0.15, 0.2) is 5.69 Å². The highest BCUT2D eigenvalue weighted by Crippen LogP contribution is 2.12. The summed E-state index contributed by atoms with van der Waals surface area (Å²) in [5.74, 6) is 0.309. The molecule has 2 aromatic rings. The Kier molecular flexibility index (Phi) is 3.57. The number of nitrogens with zero attached hydrogens (tertiary/aromatic N) is 3. The van der Waals surface area contributed by atoms with Gasteiger partial charge in [-0.05, 0) is 17.7 Å². The Labute approximate surface area is 104 Å². The summed E-state index contributed by atoms with van der Waals surface area (Å²) in [5.41, 5.74) is 1.24. The number of benzene rings is 1. The molecule has 94 valence electrons. The van der Waals surface area contributed by atoms with Crippen LogP contribution in [0.3, 0.4) is 0 Å². The third kappa shape index (κ3) is 2.65. The molecular formula is C12H13N3O3. The van der Waals surface area contributed by atoms with Crippen molar-refractivity contribution < 1.29 is 14.3 Å². The van der Waals surface area contributed by atoms with Gasteiger partial charge in [-0.3, -0.25) is 0 Å². The second-order valence-electron chi connectivity index (χ2n) is 3.64. The fourth-order valence-corrected chi connectivity index (χ4v) is 1.49. The zero-order valence-electron chi connectivity index (χ0n) is 10.2. The first-order chi connectivity index (χ1) is 8.72. The van der Waals surface area contributed by atoms with Crippen LogP contribution in [0.1, 0.15) is 16.1 Å². The summed E-state index contributed by atoms with van der Waals surface area (Å²) in [4.78, 5) is 11.2. The average Bonchev–Trinajstić information content (AvgIpc) is 2.87. The number of aromatic nitrogens is 3. The lowest BCUT2D eigenvalue weighted by Crippen LogP contribution is -2.01. The molecule has 0 saturated heterocycles. The molecule has 1 aromatic heterocycles. The molecule has 2 rings (SSSR count). The third-order valence-electron chi connectivity index (χ3n) is 2.44. The highest BCUT2D eigenvalue weighted by molar-refractivity contribution is 5.86. The smallest absolute Gasteiger partial charge is 0.360 e. The van der Waals surface area contributed by atoms with Crippen LogP contribution in [0.15, 0.2) is 30.5 Å². The van der Waals surface area contributed by atoms with Gasteiger partial charge in [-0.25, -0.2) is 9.48 Å². The summed E-state index contributed by atoms with van der Waals surface area (Å²) in [6.45, 7) is 0.536. The van der Waals surface area contributed by atoms with Gasteiger partial charge in [0.25, 0.3) is 0 Å². The van der Waals surface area contributed by atoms with Crippen LogP contribution in [0, 0.1) is 0 Å². The van der Waals surface area contributed by atoms with Crippen molar-refractivity contribution >= 4 is 5.97 Å². The monoisotopic (exact) mass is 247 g/mol. The third-order valence-corrected chi connectivity index (χ3v) is 2.44. The maximum Gasteiger partial charge on any atom is 0.360 e. The van der Waals surface area contributed by atoms with Crippen molar-refractivity contribution in [1.29, 1.82) is 0 Å². The molecule has 0 amide bonds. The van der Waals surface area contributed by atoms with Gasteiger partial charge in [0, 0.05) is 0 Å². The van der Waals surface area contributed by atoms with E-state index in [0.717, 1.165) is 11.3 Å². The maximum atomic E-state index is 11.2. The molecule has 0 spiro atoms. The lowest BCUT2D eigenvalue weighted by atomic mass is 10.2. The predicted molar refractivity (Wildman–Crippen MR) is 63.5 cm³/mol. The van der Waals surface area contributed by atoms with E-state index >= 15 is 0 Å². The molecule has 0 fully saturated rings. The van der Waals surface area contributed by atoms with Crippen LogP contribution >= 0.6 is 0 Å². The maximum absolute atomic E-state index is 11.2. The lowest BCUT2D eigenvalue weighted by molar-refractivity contribution is 0.0594. The molecule has 1 aromatic carbocycles. The molecule has 0 saturated carbocycles. The van der Waals surface area contributed by atoms with Crippen molar-refractivity contribution in [3.8, 4) is 5.75 Å². The van der Waals surface area contributed by atoms with E-state index < -0.39 is 5.97 Å². The van der Waals surface area contributed by atoms with Crippen molar-refractivity contribution in [2.45, 2.75) is 6.54 Å². The number of ether oxygens (including phenoxy) is 2. The zero-order chi connectivity index (χ0) is 13.0. The molecule has 0 N–H and O–H groups in total. The van der Waals surface area contributed by atoms with Crippen LogP contribution in [0.25, 0.3) is 0 Å². The first kappa shape index (κ1) is 12.1. The fourth-order valence-electron chi connectivity index (χ4n) is 1.49. The molecular weight excluding hydrogens is 234 g/mol. The standard InChI is InChI=1S/C12H13N3O3/c1-17-10-5-3-9(4-6-10)7-15-8-11(13-14-15)12(16)18-2/h3-6,8H,7H2,1-2H3. The number of hydrogen-bond acceptors (Lipinski definition) is 5. The first-order valence-electron chi connectivity index (χ1n) is 5.34. The average molecular weight is 247 g/mol. The van der Waals surface area contributed by atoms with Gasteiger partial charge in [-0.2, -0.15) is 0 Å². The fraction of sp³-hybridized carbons (Fsp3) is 0.250. The zero-order valence-corrected chi connectivity index (χ0v) is 10.2. The molecule has 1 heterocycles. The number of carbonyl (C=O) groups excluding carboxylic acids is 1. The lowest BCUT2D eigenvalue weighted by Gasteiger charge is -2.02. The summed E-state index contributed by atoms with van der Waals surface area (Å²) < 4.78 is 11.2. The first-order valence-corrected chi connectivity index (χ1v) is 5.34. The Balaban J connectivity index is 2.08. The summed E-state index contributed by atoms with van der Waals surface area (Å²) in [5, 5.41) is 7.59. The SMILES string of the molecule is COC(=O)c1cn(Cc2ccc(OC)cc2)nn1. The Hall–Kier alpha value is -2.37. The number of esters is 1. The van der Waals surface area contributed by atoms with E-state index in [2.05, 4.69) is 15.0 Å². The van der Waals surface area contributed by atoms with Crippen LogP contribution in [0.4, 0.5) is 0 Å². The van der Waals surface area contributed by atoms with Crippen LogP contribution < -0.4 is 4.74 Å². The van der Waals surface area contributed by atoms with E-state index in [1.807, 2.05) is 24.3 Å². The Morgan fingerprint density at radius 1 is 1.28 bits per heavy atom. The number of carbonyl (C=O) groups is 1. The van der Waals surface area contributed by atoms with Crippen molar-refractivity contribution in [3.05, 3.63) is 41.7 Å². The molecule has 0 atom stereocenters. The van der Waals surface area contributed by atoms with E-state index in [1.54, 1.807) is 18.0 Å². The summed E-state index contributed by atoms with van der Waals surface area (Å²) in [7, 11) is 2.93. The van der Waals surface area contributed by atoms with Crippen LogP contribution in [0.5, 0.6) is 5.75 Å². The number of hydrogen-bond donors (Lipinski definition) is 0. The quantitative estimate of drug-likeness (QED) is 0.757. The van der Waals surface area contributed by atoms with Crippen molar-refractivity contribution in [2.24, 2.45) is 0 Å². The Morgan fingerprint density at radius 2 is 2.00 bits per heavy atom. The van der Waals surface area contributed by atoms with E-state index in [-0.39, 0.29) is 5.69 Å². The molecule has 0 aliphatic heterocycles. The number of methoxy groups -OCH3 is 2. The van der Waals surface area contributed by atoms with Gasteiger partial charge >= 0.3 is 5.97 Å². The van der Waals surface area contributed by atoms with Gasteiger partial charge in [0.2, 0.25) is 0 Å². The van der Waals surface area contributed by atoms with Crippen LogP contribution in [0.2, 0.25) is 0 Å². The second kappa shape index (κ2) is 5.31. The Morgan fingerprint density at radius 3 is 2.61 bits per heavy atom. The molecule has 0 aliphatic carbocycles. The molecule has 0 unspecified atom stereocenters. The molecule has 6 heteroatoms. The van der Waals surface area contributed by atoms with Crippen LogP contribution in [-0.4, -0.2) is 35.2 Å². The summed E-state index contributed by atoms with van der Waals surface area (Å²) in [6.07, 6.45) is 1.55. The normalized spacial score (nSPS) is 10.1. The van der Waals surface area contributed by atoms with E-state index in [4.69, 9.17) is 4.74 Å². The largest absolute Gasteiger partial charge is 0.497 e. The van der Waals surface area contributed by atoms with Crippen molar-refractivity contribution in [3.63, 3.8) is 0 Å². The van der Waals surface area contributed by atoms with Gasteiger partial charge in [-0.1, -0.05) is 17.3 Å². The Bertz CT molecular complexity index is 534. The molecule has 0 aliphatic rings. The number of rotatable bonds is 4. The topological polar surface area (TPSA) is 66.2 Å². The molecule has 18 heavy (non-hydrogen) atoms. The summed E-state index contributed by atoms with van der Waals surface area (Å²) >= 11 is 0. The van der Waals surface area contributed by atoms with Gasteiger partial charge < -0.3 is 9.47 Å². The van der Waals surface area contributed by atoms with Crippen LogP contribution in [-0.2, 0) is 11.3 Å². The van der Waals surface area contributed by atoms with Gasteiger partial charge in [0.05, 0.1) is 27.0 Å². The van der Waals surface area contributed by atoms with E-state index in [9.17, 15) is 4.79 Å². The van der Waals surface area contributed by atoms with E-state index in [0.29, 0.717) is 6.54 Å². The van der Waals surface area contributed by atoms with Crippen molar-refractivity contribution in [2.75, 3.05) is 14.2 Å². The van der Waals surface area contributed by atoms with Gasteiger partial charge in [0.1, 0.15) is 5.75 Å². The predicted octanol–water partition coefficient (Wildman–Crippen LogP) is 1.12. The minimum Gasteiger partial charge on any atom is -0.497 e. The highest BCUT2D eigenvalue weighted by atomic mass is 16.5. The van der Waals surface area contributed by atoms with E-state index in [1.165, 1.54) is 7.11 Å².